The monoisotopic (exact) mass is 244 g/mol. The molecule has 0 spiro atoms. The number of thiophene rings is 1. The minimum atomic E-state index is -0.896. The van der Waals surface area contributed by atoms with Gasteiger partial charge >= 0.3 is 5.97 Å². The van der Waals surface area contributed by atoms with Crippen LogP contribution < -0.4 is 0 Å². The topological polar surface area (TPSA) is 55.8 Å². The summed E-state index contributed by atoms with van der Waals surface area (Å²) in [5.74, 6) is -0.896. The summed E-state index contributed by atoms with van der Waals surface area (Å²) in [5.41, 5.74) is 0.724. The third kappa shape index (κ3) is 4.30. The lowest BCUT2D eigenvalue weighted by atomic mass is 10.3. The molecule has 0 unspecified atom stereocenters. The summed E-state index contributed by atoms with van der Waals surface area (Å²) in [6.07, 6.45) is 0.194. The Bertz CT molecular complexity index is 332. The first-order chi connectivity index (χ1) is 7.61. The number of rotatable bonds is 7. The predicted molar refractivity (Wildman–Crippen MR) is 62.0 cm³/mol. The molecule has 4 nitrogen and oxygen atoms in total. The highest BCUT2D eigenvalue weighted by Gasteiger charge is 2.11. The van der Waals surface area contributed by atoms with Gasteiger partial charge in [-0.25, -0.2) is 4.79 Å². The summed E-state index contributed by atoms with van der Waals surface area (Å²) in [7, 11) is 0. The molecule has 0 radical (unpaired) electrons. The van der Waals surface area contributed by atoms with E-state index in [1.165, 1.54) is 11.3 Å². The van der Waals surface area contributed by atoms with E-state index < -0.39 is 5.97 Å². The van der Waals surface area contributed by atoms with Crippen molar-refractivity contribution in [1.29, 1.82) is 0 Å². The maximum atomic E-state index is 10.8. The van der Waals surface area contributed by atoms with Crippen molar-refractivity contribution in [2.45, 2.75) is 26.6 Å². The van der Waals surface area contributed by atoms with Crippen LogP contribution in [0.15, 0.2) is 11.4 Å². The molecule has 0 amide bonds. The minimum Gasteiger partial charge on any atom is -0.477 e. The Morgan fingerprint density at radius 1 is 1.50 bits per heavy atom. The summed E-state index contributed by atoms with van der Waals surface area (Å²) in [4.78, 5) is 11.1. The predicted octanol–water partition coefficient (Wildman–Crippen LogP) is 2.39. The summed E-state index contributed by atoms with van der Waals surface area (Å²) in [5, 5.41) is 10.6. The molecule has 0 aromatic carbocycles. The van der Waals surface area contributed by atoms with E-state index in [1.54, 1.807) is 11.4 Å². The Balaban J connectivity index is 2.27. The van der Waals surface area contributed by atoms with E-state index in [0.29, 0.717) is 24.7 Å². The number of hydrogen-bond acceptors (Lipinski definition) is 4. The molecule has 5 heteroatoms. The Hall–Kier alpha value is -0.910. The van der Waals surface area contributed by atoms with Gasteiger partial charge < -0.3 is 14.6 Å². The van der Waals surface area contributed by atoms with Gasteiger partial charge in [0.25, 0.3) is 0 Å². The van der Waals surface area contributed by atoms with Gasteiger partial charge in [0, 0.05) is 5.56 Å². The number of carboxylic acid groups (broad SMARTS) is 1. The molecule has 1 heterocycles. The van der Waals surface area contributed by atoms with Crippen LogP contribution in [-0.4, -0.2) is 30.4 Å². The van der Waals surface area contributed by atoms with E-state index in [0.717, 1.165) is 5.56 Å². The first kappa shape index (κ1) is 13.2. The molecule has 0 saturated heterocycles. The molecule has 0 fully saturated rings. The zero-order valence-electron chi connectivity index (χ0n) is 9.43. The maximum absolute atomic E-state index is 10.8. The van der Waals surface area contributed by atoms with Gasteiger partial charge in [0.15, 0.2) is 0 Å². The first-order valence-corrected chi connectivity index (χ1v) is 5.98. The number of hydrogen-bond donors (Lipinski definition) is 1. The molecule has 0 aliphatic carbocycles. The average Bonchev–Trinajstić information content (AvgIpc) is 2.65. The summed E-state index contributed by atoms with van der Waals surface area (Å²) in [6.45, 7) is 5.26. The first-order valence-electron chi connectivity index (χ1n) is 5.10. The van der Waals surface area contributed by atoms with Gasteiger partial charge in [0.2, 0.25) is 0 Å². The third-order valence-electron chi connectivity index (χ3n) is 1.88. The lowest BCUT2D eigenvalue weighted by molar-refractivity contribution is 0.0141. The summed E-state index contributed by atoms with van der Waals surface area (Å²) >= 11 is 1.22. The Labute approximate surface area is 98.8 Å². The van der Waals surface area contributed by atoms with Crippen LogP contribution in [0.3, 0.4) is 0 Å². The standard InChI is InChI=1S/C11H16O4S/c1-8(2)15-5-4-14-7-9-3-6-16-10(9)11(12)13/h3,6,8H,4-5,7H2,1-2H3,(H,12,13). The lowest BCUT2D eigenvalue weighted by Crippen LogP contribution is -2.10. The molecule has 0 saturated carbocycles. The second-order valence-corrected chi connectivity index (χ2v) is 4.47. The maximum Gasteiger partial charge on any atom is 0.346 e. The van der Waals surface area contributed by atoms with E-state index in [2.05, 4.69) is 0 Å². The fraction of sp³-hybridized carbons (Fsp3) is 0.545. The van der Waals surface area contributed by atoms with E-state index in [-0.39, 0.29) is 6.10 Å². The molecule has 1 rings (SSSR count). The summed E-state index contributed by atoms with van der Waals surface area (Å²) in [6, 6.07) is 1.78. The number of carboxylic acids is 1. The van der Waals surface area contributed by atoms with Crippen molar-refractivity contribution in [1.82, 2.24) is 0 Å². The Kier molecular flexibility index (Phi) is 5.45. The number of aromatic carboxylic acids is 1. The van der Waals surface area contributed by atoms with Crippen molar-refractivity contribution >= 4 is 17.3 Å². The van der Waals surface area contributed by atoms with Crippen LogP contribution in [0.4, 0.5) is 0 Å². The van der Waals surface area contributed by atoms with Gasteiger partial charge in [0.05, 0.1) is 25.9 Å². The average molecular weight is 244 g/mol. The van der Waals surface area contributed by atoms with Crippen molar-refractivity contribution < 1.29 is 19.4 Å². The zero-order chi connectivity index (χ0) is 12.0. The molecule has 0 atom stereocenters. The van der Waals surface area contributed by atoms with Crippen LogP contribution in [0.25, 0.3) is 0 Å². The van der Waals surface area contributed by atoms with Gasteiger partial charge in [-0.1, -0.05) is 0 Å². The molecule has 0 aliphatic rings. The molecule has 16 heavy (non-hydrogen) atoms. The van der Waals surface area contributed by atoms with E-state index in [1.807, 2.05) is 13.8 Å². The van der Waals surface area contributed by atoms with Crippen LogP contribution in [-0.2, 0) is 16.1 Å². The molecule has 1 N–H and O–H groups in total. The molecule has 1 aromatic heterocycles. The van der Waals surface area contributed by atoms with Gasteiger partial charge in [0.1, 0.15) is 4.88 Å². The molecular weight excluding hydrogens is 228 g/mol. The van der Waals surface area contributed by atoms with Crippen LogP contribution in [0.2, 0.25) is 0 Å². The molecule has 0 bridgehead atoms. The quantitative estimate of drug-likeness (QED) is 0.748. The van der Waals surface area contributed by atoms with E-state index >= 15 is 0 Å². The third-order valence-corrected chi connectivity index (χ3v) is 2.82. The Morgan fingerprint density at radius 3 is 2.88 bits per heavy atom. The molecule has 90 valence electrons. The highest BCUT2D eigenvalue weighted by atomic mass is 32.1. The van der Waals surface area contributed by atoms with Crippen LogP contribution >= 0.6 is 11.3 Å². The van der Waals surface area contributed by atoms with E-state index in [4.69, 9.17) is 14.6 Å². The Morgan fingerprint density at radius 2 is 2.25 bits per heavy atom. The fourth-order valence-corrected chi connectivity index (χ4v) is 1.91. The SMILES string of the molecule is CC(C)OCCOCc1ccsc1C(=O)O. The highest BCUT2D eigenvalue weighted by molar-refractivity contribution is 7.12. The smallest absolute Gasteiger partial charge is 0.346 e. The summed E-state index contributed by atoms with van der Waals surface area (Å²) < 4.78 is 10.6. The molecular formula is C11H16O4S. The highest BCUT2D eigenvalue weighted by Crippen LogP contribution is 2.17. The van der Waals surface area contributed by atoms with Crippen molar-refractivity contribution in [3.05, 3.63) is 21.9 Å². The molecule has 1 aromatic rings. The van der Waals surface area contributed by atoms with Crippen molar-refractivity contribution in [3.8, 4) is 0 Å². The second kappa shape index (κ2) is 6.62. The van der Waals surface area contributed by atoms with Crippen LogP contribution in [0.5, 0.6) is 0 Å². The fourth-order valence-electron chi connectivity index (χ4n) is 1.16. The van der Waals surface area contributed by atoms with Crippen molar-refractivity contribution in [2.24, 2.45) is 0 Å². The minimum absolute atomic E-state index is 0.194. The molecule has 0 aliphatic heterocycles. The van der Waals surface area contributed by atoms with Crippen molar-refractivity contribution in [3.63, 3.8) is 0 Å². The van der Waals surface area contributed by atoms with Gasteiger partial charge in [-0.05, 0) is 25.3 Å². The lowest BCUT2D eigenvalue weighted by Gasteiger charge is -2.07. The number of ether oxygens (including phenoxy) is 2. The number of carbonyl (C=O) groups is 1. The van der Waals surface area contributed by atoms with E-state index in [9.17, 15) is 4.79 Å². The normalized spacial score (nSPS) is 10.9. The van der Waals surface area contributed by atoms with Crippen molar-refractivity contribution in [2.75, 3.05) is 13.2 Å². The van der Waals surface area contributed by atoms with Crippen LogP contribution in [0.1, 0.15) is 29.1 Å². The second-order valence-electron chi connectivity index (χ2n) is 3.55. The van der Waals surface area contributed by atoms with Gasteiger partial charge in [-0.2, -0.15) is 0 Å². The van der Waals surface area contributed by atoms with Crippen LogP contribution in [0, 0.1) is 0 Å². The largest absolute Gasteiger partial charge is 0.477 e. The zero-order valence-corrected chi connectivity index (χ0v) is 10.3. The van der Waals surface area contributed by atoms with Gasteiger partial charge in [-0.3, -0.25) is 0 Å². The van der Waals surface area contributed by atoms with Gasteiger partial charge in [-0.15, -0.1) is 11.3 Å².